The Labute approximate surface area is 85.5 Å². The van der Waals surface area contributed by atoms with Gasteiger partial charge in [-0.05, 0) is 24.6 Å². The molecule has 4 heteroatoms. The number of aryl methyl sites for hydroxylation is 1. The predicted octanol–water partition coefficient (Wildman–Crippen LogP) is 1.91. The third-order valence-corrected chi connectivity index (χ3v) is 2.15. The van der Waals surface area contributed by atoms with Gasteiger partial charge in [0.25, 0.3) is 0 Å². The van der Waals surface area contributed by atoms with Gasteiger partial charge in [0.15, 0.2) is 0 Å². The third-order valence-electron chi connectivity index (χ3n) is 2.15. The maximum Gasteiger partial charge on any atom is 0.201 e. The van der Waals surface area contributed by atoms with Crippen molar-refractivity contribution in [3.8, 4) is 0 Å². The summed E-state index contributed by atoms with van der Waals surface area (Å²) in [6.07, 6.45) is 2.34. The normalized spacial score (nSPS) is 11.3. The van der Waals surface area contributed by atoms with Gasteiger partial charge in [0.2, 0.25) is 5.43 Å². The first kappa shape index (κ1) is 9.45. The van der Waals surface area contributed by atoms with Crippen molar-refractivity contribution in [2.45, 2.75) is 6.92 Å². The van der Waals surface area contributed by atoms with Crippen molar-refractivity contribution in [1.29, 1.82) is 0 Å². The minimum Gasteiger partial charge on any atom is -0.463 e. The van der Waals surface area contributed by atoms with E-state index in [9.17, 15) is 4.79 Å². The molecule has 2 aromatic rings. The third kappa shape index (κ3) is 1.61. The highest BCUT2D eigenvalue weighted by molar-refractivity contribution is 5.86. The van der Waals surface area contributed by atoms with Crippen LogP contribution in [0.3, 0.4) is 0 Å². The van der Waals surface area contributed by atoms with Gasteiger partial charge in [0, 0.05) is 0 Å². The number of oxime groups is 1. The summed E-state index contributed by atoms with van der Waals surface area (Å²) in [5.41, 5.74) is 1.59. The molecule has 2 rings (SSSR count). The van der Waals surface area contributed by atoms with Crippen LogP contribution in [0.15, 0.2) is 38.8 Å². The maximum atomic E-state index is 11.8. The van der Waals surface area contributed by atoms with Crippen LogP contribution in [-0.2, 0) is 0 Å². The van der Waals surface area contributed by atoms with Crippen molar-refractivity contribution in [2.24, 2.45) is 5.16 Å². The van der Waals surface area contributed by atoms with Crippen LogP contribution in [0.25, 0.3) is 11.0 Å². The van der Waals surface area contributed by atoms with E-state index in [4.69, 9.17) is 9.62 Å². The van der Waals surface area contributed by atoms with Crippen LogP contribution in [0.1, 0.15) is 11.1 Å². The average Bonchev–Trinajstić information content (AvgIpc) is 2.22. The number of hydrogen-bond acceptors (Lipinski definition) is 4. The smallest absolute Gasteiger partial charge is 0.201 e. The molecule has 0 aliphatic carbocycles. The second kappa shape index (κ2) is 3.57. The molecule has 1 aromatic heterocycles. The van der Waals surface area contributed by atoms with E-state index in [1.54, 1.807) is 12.1 Å². The molecular weight excluding hydrogens is 194 g/mol. The minimum atomic E-state index is -0.200. The van der Waals surface area contributed by atoms with Gasteiger partial charge < -0.3 is 9.62 Å². The standard InChI is InChI=1S/C11H9NO3/c1-7-2-3-9-10(4-7)15-6-8(5-12-14)11(9)13/h2-6,14H,1H3/b12-5-. The van der Waals surface area contributed by atoms with Crippen LogP contribution in [0.4, 0.5) is 0 Å². The van der Waals surface area contributed by atoms with Crippen LogP contribution in [0.2, 0.25) is 0 Å². The van der Waals surface area contributed by atoms with E-state index in [0.717, 1.165) is 11.8 Å². The summed E-state index contributed by atoms with van der Waals surface area (Å²) in [5.74, 6) is 0. The van der Waals surface area contributed by atoms with E-state index in [2.05, 4.69) is 5.16 Å². The van der Waals surface area contributed by atoms with Gasteiger partial charge in [-0.15, -0.1) is 0 Å². The molecule has 1 N–H and O–H groups in total. The minimum absolute atomic E-state index is 0.200. The molecule has 15 heavy (non-hydrogen) atoms. The molecule has 0 saturated carbocycles. The van der Waals surface area contributed by atoms with Crippen molar-refractivity contribution in [1.82, 2.24) is 0 Å². The van der Waals surface area contributed by atoms with Crippen molar-refractivity contribution in [3.63, 3.8) is 0 Å². The summed E-state index contributed by atoms with van der Waals surface area (Å²) in [4.78, 5) is 11.8. The van der Waals surface area contributed by atoms with Crippen LogP contribution in [0.5, 0.6) is 0 Å². The summed E-state index contributed by atoms with van der Waals surface area (Å²) in [6, 6.07) is 5.32. The molecule has 0 bridgehead atoms. The van der Waals surface area contributed by atoms with Crippen LogP contribution in [0, 0.1) is 6.92 Å². The summed E-state index contributed by atoms with van der Waals surface area (Å²) < 4.78 is 5.25. The molecule has 0 spiro atoms. The van der Waals surface area contributed by atoms with Gasteiger partial charge in [0.05, 0.1) is 17.2 Å². The number of benzene rings is 1. The molecule has 0 radical (unpaired) electrons. The summed E-state index contributed by atoms with van der Waals surface area (Å²) in [6.45, 7) is 1.92. The van der Waals surface area contributed by atoms with E-state index >= 15 is 0 Å². The van der Waals surface area contributed by atoms with Crippen LogP contribution in [-0.4, -0.2) is 11.4 Å². The fourth-order valence-corrected chi connectivity index (χ4v) is 1.40. The molecule has 0 atom stereocenters. The van der Waals surface area contributed by atoms with Crippen molar-refractivity contribution >= 4 is 17.2 Å². The first-order chi connectivity index (χ1) is 7.22. The molecule has 76 valence electrons. The van der Waals surface area contributed by atoms with E-state index in [-0.39, 0.29) is 11.0 Å². The zero-order valence-electron chi connectivity index (χ0n) is 8.10. The number of rotatable bonds is 1. The molecule has 0 unspecified atom stereocenters. The topological polar surface area (TPSA) is 62.8 Å². The van der Waals surface area contributed by atoms with Crippen LogP contribution < -0.4 is 5.43 Å². The average molecular weight is 203 g/mol. The molecule has 0 saturated heterocycles. The Kier molecular flexibility index (Phi) is 2.25. The second-order valence-electron chi connectivity index (χ2n) is 3.26. The molecule has 0 aliphatic heterocycles. The van der Waals surface area contributed by atoms with Crippen LogP contribution >= 0.6 is 0 Å². The predicted molar refractivity (Wildman–Crippen MR) is 56.6 cm³/mol. The Balaban J connectivity index is 2.80. The Morgan fingerprint density at radius 3 is 3.00 bits per heavy atom. The quantitative estimate of drug-likeness (QED) is 0.437. The van der Waals surface area contributed by atoms with E-state index in [0.29, 0.717) is 11.0 Å². The van der Waals surface area contributed by atoms with Gasteiger partial charge in [0.1, 0.15) is 11.8 Å². The monoisotopic (exact) mass is 203 g/mol. The van der Waals surface area contributed by atoms with Crippen molar-refractivity contribution < 1.29 is 9.62 Å². The SMILES string of the molecule is Cc1ccc2c(=O)c(/C=N\O)coc2c1. The van der Waals surface area contributed by atoms with E-state index < -0.39 is 0 Å². The highest BCUT2D eigenvalue weighted by Gasteiger charge is 2.04. The first-order valence-corrected chi connectivity index (χ1v) is 4.42. The molecule has 0 fully saturated rings. The van der Waals surface area contributed by atoms with Crippen molar-refractivity contribution in [3.05, 3.63) is 45.8 Å². The Morgan fingerprint density at radius 1 is 1.47 bits per heavy atom. The highest BCUT2D eigenvalue weighted by atomic mass is 16.4. The van der Waals surface area contributed by atoms with Gasteiger partial charge in [-0.1, -0.05) is 11.2 Å². The molecule has 0 amide bonds. The maximum absolute atomic E-state index is 11.8. The summed E-state index contributed by atoms with van der Waals surface area (Å²) in [5, 5.41) is 11.6. The molecule has 0 aliphatic rings. The number of fused-ring (bicyclic) bond motifs is 1. The van der Waals surface area contributed by atoms with Crippen molar-refractivity contribution in [2.75, 3.05) is 0 Å². The van der Waals surface area contributed by atoms with E-state index in [1.165, 1.54) is 6.26 Å². The lowest BCUT2D eigenvalue weighted by molar-refractivity contribution is 0.321. The Hall–Kier alpha value is -2.10. The Bertz CT molecular complexity index is 584. The summed E-state index contributed by atoms with van der Waals surface area (Å²) in [7, 11) is 0. The van der Waals surface area contributed by atoms with Gasteiger partial charge in [-0.3, -0.25) is 4.79 Å². The van der Waals surface area contributed by atoms with E-state index in [1.807, 2.05) is 13.0 Å². The van der Waals surface area contributed by atoms with Gasteiger partial charge in [-0.25, -0.2) is 0 Å². The lowest BCUT2D eigenvalue weighted by Crippen LogP contribution is -2.07. The van der Waals surface area contributed by atoms with Gasteiger partial charge in [-0.2, -0.15) is 0 Å². The zero-order valence-corrected chi connectivity index (χ0v) is 8.10. The summed E-state index contributed by atoms with van der Waals surface area (Å²) >= 11 is 0. The van der Waals surface area contributed by atoms with Gasteiger partial charge >= 0.3 is 0 Å². The lowest BCUT2D eigenvalue weighted by Gasteiger charge is -1.98. The lowest BCUT2D eigenvalue weighted by atomic mass is 10.1. The second-order valence-corrected chi connectivity index (χ2v) is 3.26. The molecular formula is C11H9NO3. The fourth-order valence-electron chi connectivity index (χ4n) is 1.40. The largest absolute Gasteiger partial charge is 0.463 e. The number of nitrogens with zero attached hydrogens (tertiary/aromatic N) is 1. The molecule has 1 heterocycles. The number of hydrogen-bond donors (Lipinski definition) is 1. The zero-order chi connectivity index (χ0) is 10.8. The fraction of sp³-hybridized carbons (Fsp3) is 0.0909. The highest BCUT2D eigenvalue weighted by Crippen LogP contribution is 2.12. The first-order valence-electron chi connectivity index (χ1n) is 4.42. The molecule has 4 nitrogen and oxygen atoms in total. The Morgan fingerprint density at radius 2 is 2.27 bits per heavy atom. The molecule has 1 aromatic carbocycles.